The number of imide groups is 1. The Morgan fingerprint density at radius 3 is 2.52 bits per heavy atom. The molecule has 31 heavy (non-hydrogen) atoms. The fourth-order valence-corrected chi connectivity index (χ4v) is 3.34. The van der Waals surface area contributed by atoms with E-state index in [0.29, 0.717) is 27.8 Å². The molecule has 162 valence electrons. The van der Waals surface area contributed by atoms with Gasteiger partial charge < -0.3 is 20.1 Å². The smallest absolute Gasteiger partial charge is 0.329 e. The van der Waals surface area contributed by atoms with Crippen molar-refractivity contribution >= 4 is 41.2 Å². The summed E-state index contributed by atoms with van der Waals surface area (Å²) in [5, 5.41) is 5.53. The lowest BCUT2D eigenvalue weighted by Gasteiger charge is -2.13. The number of ether oxygens (including phenoxy) is 2. The van der Waals surface area contributed by atoms with Gasteiger partial charge in [-0.2, -0.15) is 0 Å². The molecule has 2 aromatic carbocycles. The summed E-state index contributed by atoms with van der Waals surface area (Å²) < 4.78 is 10.4. The highest BCUT2D eigenvalue weighted by Crippen LogP contribution is 2.34. The summed E-state index contributed by atoms with van der Waals surface area (Å²) >= 11 is 6.26. The van der Waals surface area contributed by atoms with E-state index in [1.54, 1.807) is 24.3 Å². The number of hydrogen-bond donors (Lipinski definition) is 2. The normalized spacial score (nSPS) is 14.6. The van der Waals surface area contributed by atoms with E-state index in [4.69, 9.17) is 21.1 Å². The lowest BCUT2D eigenvalue weighted by Crippen LogP contribution is -2.38. The number of benzene rings is 2. The van der Waals surface area contributed by atoms with Crippen molar-refractivity contribution in [3.05, 3.63) is 58.2 Å². The zero-order valence-electron chi connectivity index (χ0n) is 17.3. The SMILES string of the molecule is CCc1ccccc1NC(=O)CN1C(=O)N/C(=C/c2cc(OC)c(OC)cc2Cl)C1=O. The molecule has 1 heterocycles. The Kier molecular flexibility index (Phi) is 6.81. The highest BCUT2D eigenvalue weighted by atomic mass is 35.5. The summed E-state index contributed by atoms with van der Waals surface area (Å²) in [6, 6.07) is 9.80. The first-order valence-electron chi connectivity index (χ1n) is 9.51. The first kappa shape index (κ1) is 22.2. The second-order valence-electron chi connectivity index (χ2n) is 6.67. The van der Waals surface area contributed by atoms with Gasteiger partial charge in [0.25, 0.3) is 5.91 Å². The van der Waals surface area contributed by atoms with Crippen molar-refractivity contribution in [2.24, 2.45) is 0 Å². The van der Waals surface area contributed by atoms with Gasteiger partial charge in [0, 0.05) is 11.8 Å². The monoisotopic (exact) mass is 443 g/mol. The van der Waals surface area contributed by atoms with E-state index in [1.807, 2.05) is 19.1 Å². The minimum absolute atomic E-state index is 0.000813. The molecule has 1 fully saturated rings. The molecule has 4 amide bonds. The van der Waals surface area contributed by atoms with Crippen LogP contribution in [0.4, 0.5) is 10.5 Å². The summed E-state index contributed by atoms with van der Waals surface area (Å²) in [5.74, 6) is -0.256. The van der Waals surface area contributed by atoms with E-state index >= 15 is 0 Å². The summed E-state index contributed by atoms with van der Waals surface area (Å²) in [6.45, 7) is 1.55. The number of methoxy groups -OCH3 is 2. The van der Waals surface area contributed by atoms with Crippen LogP contribution in [0.3, 0.4) is 0 Å². The fraction of sp³-hybridized carbons (Fsp3) is 0.227. The quantitative estimate of drug-likeness (QED) is 0.504. The average molecular weight is 444 g/mol. The standard InChI is InChI=1S/C22H22ClN3O5/c1-4-13-7-5-6-8-16(13)24-20(27)12-26-21(28)17(25-22(26)29)9-14-10-18(30-2)19(31-3)11-15(14)23/h5-11H,4,12H2,1-3H3,(H,24,27)(H,25,29)/b17-9+. The molecular weight excluding hydrogens is 422 g/mol. The van der Waals surface area contributed by atoms with Crippen LogP contribution in [0.25, 0.3) is 6.08 Å². The maximum atomic E-state index is 12.7. The van der Waals surface area contributed by atoms with Gasteiger partial charge in [0.05, 0.1) is 19.2 Å². The van der Waals surface area contributed by atoms with Crippen LogP contribution in [0.2, 0.25) is 5.02 Å². The van der Waals surface area contributed by atoms with Crippen molar-refractivity contribution in [3.8, 4) is 11.5 Å². The van der Waals surface area contributed by atoms with Gasteiger partial charge in [0.2, 0.25) is 5.91 Å². The maximum absolute atomic E-state index is 12.7. The van der Waals surface area contributed by atoms with E-state index < -0.39 is 24.4 Å². The maximum Gasteiger partial charge on any atom is 0.329 e. The Morgan fingerprint density at radius 2 is 1.84 bits per heavy atom. The van der Waals surface area contributed by atoms with Gasteiger partial charge in [0.1, 0.15) is 12.2 Å². The second-order valence-corrected chi connectivity index (χ2v) is 7.07. The van der Waals surface area contributed by atoms with Crippen molar-refractivity contribution in [2.45, 2.75) is 13.3 Å². The number of para-hydroxylation sites is 1. The van der Waals surface area contributed by atoms with E-state index in [-0.39, 0.29) is 5.70 Å². The zero-order chi connectivity index (χ0) is 22.5. The van der Waals surface area contributed by atoms with Gasteiger partial charge in [-0.3, -0.25) is 9.59 Å². The molecule has 1 aliphatic heterocycles. The Labute approximate surface area is 184 Å². The molecule has 2 N–H and O–H groups in total. The van der Waals surface area contributed by atoms with Crippen LogP contribution in [0.5, 0.6) is 11.5 Å². The molecule has 0 atom stereocenters. The van der Waals surface area contributed by atoms with Crippen molar-refractivity contribution < 1.29 is 23.9 Å². The molecule has 9 heteroatoms. The van der Waals surface area contributed by atoms with Crippen molar-refractivity contribution in [1.82, 2.24) is 10.2 Å². The van der Waals surface area contributed by atoms with Crippen LogP contribution >= 0.6 is 11.6 Å². The first-order valence-corrected chi connectivity index (χ1v) is 9.89. The number of carbonyl (C=O) groups excluding carboxylic acids is 3. The van der Waals surface area contributed by atoms with Crippen LogP contribution < -0.4 is 20.1 Å². The Bertz CT molecular complexity index is 1070. The third-order valence-corrected chi connectivity index (χ3v) is 5.07. The molecule has 0 unspecified atom stereocenters. The van der Waals surface area contributed by atoms with Gasteiger partial charge in [-0.25, -0.2) is 9.69 Å². The van der Waals surface area contributed by atoms with Crippen LogP contribution in [0, 0.1) is 0 Å². The topological polar surface area (TPSA) is 97.0 Å². The van der Waals surface area contributed by atoms with Gasteiger partial charge in [-0.15, -0.1) is 0 Å². The largest absolute Gasteiger partial charge is 0.493 e. The minimum atomic E-state index is -0.688. The number of anilines is 1. The van der Waals surface area contributed by atoms with Gasteiger partial charge in [-0.05, 0) is 35.8 Å². The molecule has 1 saturated heterocycles. The lowest BCUT2D eigenvalue weighted by atomic mass is 10.1. The minimum Gasteiger partial charge on any atom is -0.493 e. The molecule has 0 spiro atoms. The number of amides is 4. The molecule has 2 aromatic rings. The van der Waals surface area contributed by atoms with Gasteiger partial charge in [0.15, 0.2) is 11.5 Å². The summed E-state index contributed by atoms with van der Waals surface area (Å²) in [7, 11) is 2.96. The molecule has 3 rings (SSSR count). The number of aryl methyl sites for hydroxylation is 1. The first-order chi connectivity index (χ1) is 14.9. The fourth-order valence-electron chi connectivity index (χ4n) is 3.14. The van der Waals surface area contributed by atoms with Crippen LogP contribution in [0.1, 0.15) is 18.1 Å². The van der Waals surface area contributed by atoms with Crippen molar-refractivity contribution in [1.29, 1.82) is 0 Å². The van der Waals surface area contributed by atoms with E-state index in [1.165, 1.54) is 20.3 Å². The van der Waals surface area contributed by atoms with Crippen LogP contribution in [0.15, 0.2) is 42.1 Å². The number of halogens is 1. The van der Waals surface area contributed by atoms with Gasteiger partial charge in [-0.1, -0.05) is 36.7 Å². The number of rotatable bonds is 7. The van der Waals surface area contributed by atoms with Crippen molar-refractivity contribution in [2.75, 3.05) is 26.1 Å². The molecule has 0 radical (unpaired) electrons. The van der Waals surface area contributed by atoms with E-state index in [9.17, 15) is 14.4 Å². The highest BCUT2D eigenvalue weighted by Gasteiger charge is 2.35. The molecule has 8 nitrogen and oxygen atoms in total. The number of urea groups is 1. The molecule has 0 bridgehead atoms. The molecule has 0 aliphatic carbocycles. The molecular formula is C22H22ClN3O5. The number of nitrogens with zero attached hydrogens (tertiary/aromatic N) is 1. The zero-order valence-corrected chi connectivity index (χ0v) is 18.1. The second kappa shape index (κ2) is 9.53. The Morgan fingerprint density at radius 1 is 1.16 bits per heavy atom. The Balaban J connectivity index is 1.77. The Hall–Kier alpha value is -3.52. The number of nitrogens with one attached hydrogen (secondary N) is 2. The summed E-state index contributed by atoms with van der Waals surface area (Å²) in [4.78, 5) is 38.3. The van der Waals surface area contributed by atoms with Gasteiger partial charge >= 0.3 is 6.03 Å². The number of hydrogen-bond acceptors (Lipinski definition) is 5. The van der Waals surface area contributed by atoms with E-state index in [0.717, 1.165) is 16.9 Å². The van der Waals surface area contributed by atoms with Crippen LogP contribution in [-0.2, 0) is 16.0 Å². The van der Waals surface area contributed by atoms with Crippen LogP contribution in [-0.4, -0.2) is 43.5 Å². The van der Waals surface area contributed by atoms with Crippen molar-refractivity contribution in [3.63, 3.8) is 0 Å². The highest BCUT2D eigenvalue weighted by molar-refractivity contribution is 6.32. The molecule has 0 aromatic heterocycles. The predicted octanol–water partition coefficient (Wildman–Crippen LogP) is 3.45. The molecule has 0 saturated carbocycles. The molecule has 1 aliphatic rings. The predicted molar refractivity (Wildman–Crippen MR) is 117 cm³/mol. The average Bonchev–Trinajstić information content (AvgIpc) is 3.02. The van der Waals surface area contributed by atoms with E-state index in [2.05, 4.69) is 10.6 Å². The third kappa shape index (κ3) is 4.80. The third-order valence-electron chi connectivity index (χ3n) is 4.74. The summed E-state index contributed by atoms with van der Waals surface area (Å²) in [6.07, 6.45) is 2.16. The lowest BCUT2D eigenvalue weighted by molar-refractivity contribution is -0.127. The number of carbonyl (C=O) groups is 3. The summed E-state index contributed by atoms with van der Waals surface area (Å²) in [5.41, 5.74) is 2.05.